The van der Waals surface area contributed by atoms with Gasteiger partial charge in [-0.15, -0.1) is 0 Å². The maximum absolute atomic E-state index is 11.6. The Balaban J connectivity index is 2.57. The van der Waals surface area contributed by atoms with Crippen molar-refractivity contribution >= 4 is 11.5 Å². The lowest BCUT2D eigenvalue weighted by Gasteiger charge is -1.99. The molecular formula is C11H12N2O3. The zero-order chi connectivity index (χ0) is 11.5. The molecular weight excluding hydrogens is 208 g/mol. The average molecular weight is 220 g/mol. The van der Waals surface area contributed by atoms with Gasteiger partial charge in [0.25, 0.3) is 0 Å². The molecule has 0 spiro atoms. The van der Waals surface area contributed by atoms with Crippen LogP contribution in [0.4, 0.5) is 0 Å². The summed E-state index contributed by atoms with van der Waals surface area (Å²) in [5, 5.41) is 0. The van der Waals surface area contributed by atoms with Crippen LogP contribution in [0.2, 0.25) is 0 Å². The molecule has 0 aliphatic carbocycles. The van der Waals surface area contributed by atoms with Gasteiger partial charge < -0.3 is 9.47 Å². The van der Waals surface area contributed by atoms with Crippen molar-refractivity contribution in [2.45, 2.75) is 6.92 Å². The van der Waals surface area contributed by atoms with E-state index >= 15 is 0 Å². The minimum Gasteiger partial charge on any atom is -0.479 e. The highest BCUT2D eigenvalue weighted by Crippen LogP contribution is 2.20. The Morgan fingerprint density at radius 2 is 2.31 bits per heavy atom. The number of pyridine rings is 1. The summed E-state index contributed by atoms with van der Waals surface area (Å²) in [6, 6.07) is 5.50. The van der Waals surface area contributed by atoms with Gasteiger partial charge in [0.05, 0.1) is 13.7 Å². The van der Waals surface area contributed by atoms with E-state index in [1.165, 1.54) is 7.11 Å². The molecule has 5 nitrogen and oxygen atoms in total. The Morgan fingerprint density at radius 3 is 3.00 bits per heavy atom. The summed E-state index contributed by atoms with van der Waals surface area (Å²) in [6.07, 6.45) is 1.75. The van der Waals surface area contributed by atoms with Gasteiger partial charge in [0.1, 0.15) is 5.52 Å². The summed E-state index contributed by atoms with van der Waals surface area (Å²) >= 11 is 0. The van der Waals surface area contributed by atoms with E-state index in [1.54, 1.807) is 17.5 Å². The number of ether oxygens (including phenoxy) is 2. The molecule has 0 saturated heterocycles. The standard InChI is InChI=1S/C11H12N2O3/c1-3-16-11(14)9-12-10(15-2)8-6-4-5-7-13(8)9/h4-7H,3H2,1-2H3. The molecule has 0 saturated carbocycles. The highest BCUT2D eigenvalue weighted by atomic mass is 16.5. The Bertz CT molecular complexity index is 519. The molecule has 0 aromatic carbocycles. The molecule has 0 atom stereocenters. The lowest BCUT2D eigenvalue weighted by atomic mass is 10.4. The van der Waals surface area contributed by atoms with E-state index in [2.05, 4.69) is 4.98 Å². The number of nitrogens with zero attached hydrogens (tertiary/aromatic N) is 2. The Hall–Kier alpha value is -2.04. The van der Waals surface area contributed by atoms with Gasteiger partial charge in [-0.2, -0.15) is 4.98 Å². The van der Waals surface area contributed by atoms with Crippen molar-refractivity contribution in [3.05, 3.63) is 30.2 Å². The molecule has 84 valence electrons. The molecule has 0 bridgehead atoms. The number of aromatic nitrogens is 2. The van der Waals surface area contributed by atoms with Gasteiger partial charge >= 0.3 is 5.97 Å². The Morgan fingerprint density at radius 1 is 1.50 bits per heavy atom. The fourth-order valence-electron chi connectivity index (χ4n) is 1.50. The van der Waals surface area contributed by atoms with Crippen molar-refractivity contribution in [1.82, 2.24) is 9.38 Å². The van der Waals surface area contributed by atoms with E-state index < -0.39 is 5.97 Å². The zero-order valence-electron chi connectivity index (χ0n) is 9.14. The van der Waals surface area contributed by atoms with Gasteiger partial charge in [-0.1, -0.05) is 6.07 Å². The van der Waals surface area contributed by atoms with Crippen molar-refractivity contribution in [3.63, 3.8) is 0 Å². The monoisotopic (exact) mass is 220 g/mol. The molecule has 5 heteroatoms. The third-order valence-corrected chi connectivity index (χ3v) is 2.17. The SMILES string of the molecule is CCOC(=O)c1nc(OC)c2ccccn12. The molecule has 0 unspecified atom stereocenters. The van der Waals surface area contributed by atoms with Crippen LogP contribution >= 0.6 is 0 Å². The quantitative estimate of drug-likeness (QED) is 0.736. The molecule has 0 N–H and O–H groups in total. The topological polar surface area (TPSA) is 52.8 Å². The second-order valence-electron chi connectivity index (χ2n) is 3.12. The average Bonchev–Trinajstić information content (AvgIpc) is 2.68. The largest absolute Gasteiger partial charge is 0.479 e. The van der Waals surface area contributed by atoms with Crippen LogP contribution in [-0.2, 0) is 4.74 Å². The van der Waals surface area contributed by atoms with Gasteiger partial charge in [-0.3, -0.25) is 4.40 Å². The van der Waals surface area contributed by atoms with Crippen LogP contribution in [0.1, 0.15) is 17.5 Å². The maximum Gasteiger partial charge on any atom is 0.375 e. The number of carbonyl (C=O) groups excluding carboxylic acids is 1. The van der Waals surface area contributed by atoms with Crippen molar-refractivity contribution in [3.8, 4) is 5.88 Å². The smallest absolute Gasteiger partial charge is 0.375 e. The van der Waals surface area contributed by atoms with Gasteiger partial charge in [-0.05, 0) is 19.1 Å². The van der Waals surface area contributed by atoms with Gasteiger partial charge in [0, 0.05) is 6.20 Å². The van der Waals surface area contributed by atoms with Crippen molar-refractivity contribution in [2.24, 2.45) is 0 Å². The number of imidazole rings is 1. The normalized spacial score (nSPS) is 10.4. The van der Waals surface area contributed by atoms with Crippen LogP contribution < -0.4 is 4.74 Å². The van der Waals surface area contributed by atoms with Crippen LogP contribution in [0, 0.1) is 0 Å². The van der Waals surface area contributed by atoms with Crippen LogP contribution in [0.25, 0.3) is 5.52 Å². The first-order chi connectivity index (χ1) is 7.77. The molecule has 2 aromatic heterocycles. The number of carbonyl (C=O) groups is 1. The number of esters is 1. The third kappa shape index (κ3) is 1.60. The zero-order valence-corrected chi connectivity index (χ0v) is 9.14. The summed E-state index contributed by atoms with van der Waals surface area (Å²) in [4.78, 5) is 15.7. The summed E-state index contributed by atoms with van der Waals surface area (Å²) in [6.45, 7) is 2.08. The minimum atomic E-state index is -0.452. The number of fused-ring (bicyclic) bond motifs is 1. The van der Waals surface area contributed by atoms with E-state index in [0.717, 1.165) is 5.52 Å². The van der Waals surface area contributed by atoms with Crippen LogP contribution in [0.15, 0.2) is 24.4 Å². The number of methoxy groups -OCH3 is 1. The van der Waals surface area contributed by atoms with Crippen molar-refractivity contribution in [2.75, 3.05) is 13.7 Å². The summed E-state index contributed by atoms with van der Waals surface area (Å²) in [5.74, 6) is 0.199. The van der Waals surface area contributed by atoms with Gasteiger partial charge in [0.15, 0.2) is 0 Å². The maximum atomic E-state index is 11.6. The lowest BCUT2D eigenvalue weighted by Crippen LogP contribution is -2.09. The molecule has 0 aliphatic rings. The van der Waals surface area contributed by atoms with Crippen LogP contribution in [0.5, 0.6) is 5.88 Å². The highest BCUT2D eigenvalue weighted by Gasteiger charge is 2.18. The van der Waals surface area contributed by atoms with Crippen molar-refractivity contribution in [1.29, 1.82) is 0 Å². The first-order valence-corrected chi connectivity index (χ1v) is 4.96. The predicted octanol–water partition coefficient (Wildman–Crippen LogP) is 1.52. The molecule has 0 aliphatic heterocycles. The van der Waals surface area contributed by atoms with E-state index in [4.69, 9.17) is 9.47 Å². The molecule has 2 aromatic rings. The molecule has 2 heterocycles. The highest BCUT2D eigenvalue weighted by molar-refractivity contribution is 5.87. The first-order valence-electron chi connectivity index (χ1n) is 4.96. The minimum absolute atomic E-state index is 0.231. The summed E-state index contributed by atoms with van der Waals surface area (Å²) < 4.78 is 11.7. The summed E-state index contributed by atoms with van der Waals surface area (Å²) in [5.41, 5.74) is 0.744. The van der Waals surface area contributed by atoms with Crippen molar-refractivity contribution < 1.29 is 14.3 Å². The van der Waals surface area contributed by atoms with E-state index in [0.29, 0.717) is 12.5 Å². The van der Waals surface area contributed by atoms with Gasteiger partial charge in [0.2, 0.25) is 11.7 Å². The first kappa shape index (κ1) is 10.5. The Labute approximate surface area is 92.6 Å². The predicted molar refractivity (Wildman–Crippen MR) is 57.7 cm³/mol. The van der Waals surface area contributed by atoms with Crippen LogP contribution in [0.3, 0.4) is 0 Å². The van der Waals surface area contributed by atoms with E-state index in [9.17, 15) is 4.79 Å². The second-order valence-corrected chi connectivity index (χ2v) is 3.12. The van der Waals surface area contributed by atoms with E-state index in [-0.39, 0.29) is 5.82 Å². The lowest BCUT2D eigenvalue weighted by molar-refractivity contribution is 0.0510. The van der Waals surface area contributed by atoms with Crippen LogP contribution in [-0.4, -0.2) is 29.1 Å². The molecule has 0 radical (unpaired) electrons. The fraction of sp³-hybridized carbons (Fsp3) is 0.273. The third-order valence-electron chi connectivity index (χ3n) is 2.17. The Kier molecular flexibility index (Phi) is 2.76. The number of hydrogen-bond donors (Lipinski definition) is 0. The van der Waals surface area contributed by atoms with E-state index in [1.807, 2.05) is 18.2 Å². The molecule has 0 fully saturated rings. The second kappa shape index (κ2) is 4.22. The fourth-order valence-corrected chi connectivity index (χ4v) is 1.50. The number of rotatable bonds is 3. The molecule has 0 amide bonds. The molecule has 16 heavy (non-hydrogen) atoms. The van der Waals surface area contributed by atoms with Gasteiger partial charge in [-0.25, -0.2) is 4.79 Å². The summed E-state index contributed by atoms with van der Waals surface area (Å²) in [7, 11) is 1.52. The molecule has 2 rings (SSSR count). The number of hydrogen-bond acceptors (Lipinski definition) is 4.